The molecule has 134 valence electrons. The predicted molar refractivity (Wildman–Crippen MR) is 96.1 cm³/mol. The van der Waals surface area contributed by atoms with Crippen LogP contribution in [-0.2, 0) is 17.6 Å². The van der Waals surface area contributed by atoms with Crippen molar-refractivity contribution in [3.8, 4) is 11.5 Å². The number of carbonyl (C=O) groups is 1. The van der Waals surface area contributed by atoms with Crippen LogP contribution >= 0.6 is 0 Å². The Morgan fingerprint density at radius 3 is 2.60 bits per heavy atom. The zero-order valence-electron chi connectivity index (χ0n) is 14.8. The van der Waals surface area contributed by atoms with Crippen molar-refractivity contribution in [3.05, 3.63) is 53.9 Å². The largest absolute Gasteiger partial charge is 0.493 e. The summed E-state index contributed by atoms with van der Waals surface area (Å²) < 4.78 is 10.5. The average Bonchev–Trinajstić information content (AvgIpc) is 2.65. The molecule has 0 radical (unpaired) electrons. The molecule has 1 atom stereocenters. The Kier molecular flexibility index (Phi) is 7.41. The SMILES string of the molecule is COc1ccc(CCC(=O)CC(O)CCc2cccnc2)cc1OC. The first kappa shape index (κ1) is 18.9. The van der Waals surface area contributed by atoms with Gasteiger partial charge in [-0.1, -0.05) is 12.1 Å². The minimum atomic E-state index is -0.613. The number of aliphatic hydroxyl groups is 1. The maximum atomic E-state index is 12.1. The van der Waals surface area contributed by atoms with Gasteiger partial charge in [0.25, 0.3) is 0 Å². The fourth-order valence-electron chi connectivity index (χ4n) is 2.67. The summed E-state index contributed by atoms with van der Waals surface area (Å²) in [6, 6.07) is 9.48. The predicted octanol–water partition coefficient (Wildman–Crippen LogP) is 2.98. The van der Waals surface area contributed by atoms with Gasteiger partial charge in [-0.15, -0.1) is 0 Å². The van der Waals surface area contributed by atoms with Crippen molar-refractivity contribution < 1.29 is 19.4 Å². The number of pyridine rings is 1. The smallest absolute Gasteiger partial charge is 0.160 e. The Morgan fingerprint density at radius 2 is 1.92 bits per heavy atom. The molecule has 1 N–H and O–H groups in total. The van der Waals surface area contributed by atoms with Gasteiger partial charge in [-0.05, 0) is 48.6 Å². The summed E-state index contributed by atoms with van der Waals surface area (Å²) in [7, 11) is 3.18. The van der Waals surface area contributed by atoms with E-state index in [1.807, 2.05) is 30.3 Å². The van der Waals surface area contributed by atoms with Gasteiger partial charge in [0.1, 0.15) is 5.78 Å². The van der Waals surface area contributed by atoms with Crippen molar-refractivity contribution in [1.29, 1.82) is 0 Å². The van der Waals surface area contributed by atoms with Gasteiger partial charge in [-0.25, -0.2) is 0 Å². The van der Waals surface area contributed by atoms with Crippen LogP contribution in [-0.4, -0.2) is 36.2 Å². The number of benzene rings is 1. The topological polar surface area (TPSA) is 68.7 Å². The van der Waals surface area contributed by atoms with Crippen molar-refractivity contribution >= 4 is 5.78 Å². The molecule has 0 aliphatic heterocycles. The van der Waals surface area contributed by atoms with Gasteiger partial charge in [0.05, 0.1) is 20.3 Å². The molecule has 0 saturated carbocycles. The van der Waals surface area contributed by atoms with E-state index in [1.54, 1.807) is 26.6 Å². The normalized spacial score (nSPS) is 11.8. The maximum Gasteiger partial charge on any atom is 0.160 e. The lowest BCUT2D eigenvalue weighted by Crippen LogP contribution is -2.15. The summed E-state index contributed by atoms with van der Waals surface area (Å²) in [5.41, 5.74) is 2.08. The number of hydrogen-bond donors (Lipinski definition) is 1. The first-order valence-electron chi connectivity index (χ1n) is 8.42. The van der Waals surface area contributed by atoms with Gasteiger partial charge in [0.15, 0.2) is 11.5 Å². The Labute approximate surface area is 148 Å². The van der Waals surface area contributed by atoms with Gasteiger partial charge in [0, 0.05) is 25.2 Å². The molecule has 0 aliphatic rings. The molecule has 5 nitrogen and oxygen atoms in total. The first-order chi connectivity index (χ1) is 12.1. The van der Waals surface area contributed by atoms with E-state index in [0.29, 0.717) is 30.8 Å². The van der Waals surface area contributed by atoms with Crippen molar-refractivity contribution in [2.75, 3.05) is 14.2 Å². The molecule has 0 saturated heterocycles. The number of hydrogen-bond acceptors (Lipinski definition) is 5. The summed E-state index contributed by atoms with van der Waals surface area (Å²) in [6.07, 6.45) is 5.38. The molecule has 0 aliphatic carbocycles. The van der Waals surface area contributed by atoms with Crippen molar-refractivity contribution in [2.45, 2.75) is 38.2 Å². The average molecular weight is 343 g/mol. The van der Waals surface area contributed by atoms with Gasteiger partial charge >= 0.3 is 0 Å². The second-order valence-electron chi connectivity index (χ2n) is 5.99. The van der Waals surface area contributed by atoms with Crippen LogP contribution in [0.1, 0.15) is 30.4 Å². The van der Waals surface area contributed by atoms with Crippen LogP contribution in [0, 0.1) is 0 Å². The number of ether oxygens (including phenoxy) is 2. The number of methoxy groups -OCH3 is 2. The molecule has 5 heteroatoms. The molecular formula is C20H25NO4. The van der Waals surface area contributed by atoms with Crippen molar-refractivity contribution in [3.63, 3.8) is 0 Å². The standard InChI is InChI=1S/C20H25NO4/c1-24-19-10-7-15(12-20(19)25-2)5-8-17(22)13-18(23)9-6-16-4-3-11-21-14-16/h3-4,7,10-12,14,18,23H,5-6,8-9,13H2,1-2H3. The van der Waals surface area contributed by atoms with E-state index in [4.69, 9.17) is 9.47 Å². The summed E-state index contributed by atoms with van der Waals surface area (Å²) in [6.45, 7) is 0. The van der Waals surface area contributed by atoms with Crippen LogP contribution in [0.3, 0.4) is 0 Å². The molecule has 2 rings (SSSR count). The highest BCUT2D eigenvalue weighted by atomic mass is 16.5. The van der Waals surface area contributed by atoms with Crippen LogP contribution in [0.5, 0.6) is 11.5 Å². The summed E-state index contributed by atoms with van der Waals surface area (Å²) in [5.74, 6) is 1.39. The lowest BCUT2D eigenvalue weighted by molar-refractivity contribution is -0.120. The van der Waals surface area contributed by atoms with Gasteiger partial charge in [-0.3, -0.25) is 9.78 Å². The number of Topliss-reactive ketones (excluding diaryl/α,β-unsaturated/α-hetero) is 1. The molecular weight excluding hydrogens is 318 g/mol. The number of aromatic nitrogens is 1. The zero-order valence-corrected chi connectivity index (χ0v) is 14.8. The highest BCUT2D eigenvalue weighted by Crippen LogP contribution is 2.28. The molecule has 2 aromatic rings. The number of rotatable bonds is 10. The molecule has 1 heterocycles. The van der Waals surface area contributed by atoms with Crippen molar-refractivity contribution in [2.24, 2.45) is 0 Å². The van der Waals surface area contributed by atoms with Crippen LogP contribution in [0.25, 0.3) is 0 Å². The van der Waals surface area contributed by atoms with Crippen LogP contribution < -0.4 is 9.47 Å². The molecule has 0 spiro atoms. The van der Waals surface area contributed by atoms with E-state index in [9.17, 15) is 9.90 Å². The molecule has 1 aromatic carbocycles. The summed E-state index contributed by atoms with van der Waals surface area (Å²) >= 11 is 0. The van der Waals surface area contributed by atoms with E-state index >= 15 is 0 Å². The first-order valence-corrected chi connectivity index (χ1v) is 8.42. The van der Waals surface area contributed by atoms with Crippen LogP contribution in [0.4, 0.5) is 0 Å². The maximum absolute atomic E-state index is 12.1. The lowest BCUT2D eigenvalue weighted by atomic mass is 10.0. The second kappa shape index (κ2) is 9.79. The fourth-order valence-corrected chi connectivity index (χ4v) is 2.67. The minimum Gasteiger partial charge on any atom is -0.493 e. The minimum absolute atomic E-state index is 0.0634. The molecule has 1 unspecified atom stereocenters. The number of carbonyl (C=O) groups excluding carboxylic acids is 1. The monoisotopic (exact) mass is 343 g/mol. The highest BCUT2D eigenvalue weighted by molar-refractivity contribution is 5.79. The lowest BCUT2D eigenvalue weighted by Gasteiger charge is -2.11. The van der Waals surface area contributed by atoms with E-state index in [1.165, 1.54) is 0 Å². The Hall–Kier alpha value is -2.40. The Morgan fingerprint density at radius 1 is 1.12 bits per heavy atom. The summed E-state index contributed by atoms with van der Waals surface area (Å²) in [4.78, 5) is 16.1. The van der Waals surface area contributed by atoms with E-state index in [0.717, 1.165) is 17.5 Å². The van der Waals surface area contributed by atoms with E-state index in [-0.39, 0.29) is 12.2 Å². The second-order valence-corrected chi connectivity index (χ2v) is 5.99. The van der Waals surface area contributed by atoms with Crippen molar-refractivity contribution in [1.82, 2.24) is 4.98 Å². The summed E-state index contributed by atoms with van der Waals surface area (Å²) in [5, 5.41) is 10.1. The van der Waals surface area contributed by atoms with Gasteiger partial charge in [0.2, 0.25) is 0 Å². The molecule has 1 aromatic heterocycles. The number of nitrogens with zero attached hydrogens (tertiary/aromatic N) is 1. The quantitative estimate of drug-likeness (QED) is 0.718. The Balaban J connectivity index is 1.76. The Bertz CT molecular complexity index is 673. The third-order valence-corrected chi connectivity index (χ3v) is 4.09. The molecule has 0 bridgehead atoms. The number of ketones is 1. The van der Waals surface area contributed by atoms with Crippen LogP contribution in [0.2, 0.25) is 0 Å². The number of aryl methyl sites for hydroxylation is 2. The zero-order chi connectivity index (χ0) is 18.1. The molecule has 0 amide bonds. The third kappa shape index (κ3) is 6.19. The molecule has 25 heavy (non-hydrogen) atoms. The van der Waals surface area contributed by atoms with Gasteiger partial charge < -0.3 is 14.6 Å². The highest BCUT2D eigenvalue weighted by Gasteiger charge is 2.12. The van der Waals surface area contributed by atoms with E-state index < -0.39 is 6.10 Å². The molecule has 0 fully saturated rings. The fraction of sp³-hybridized carbons (Fsp3) is 0.400. The third-order valence-electron chi connectivity index (χ3n) is 4.09. The number of aliphatic hydroxyl groups excluding tert-OH is 1. The van der Waals surface area contributed by atoms with E-state index in [2.05, 4.69) is 4.98 Å². The van der Waals surface area contributed by atoms with Gasteiger partial charge in [-0.2, -0.15) is 0 Å². The van der Waals surface area contributed by atoms with Crippen LogP contribution in [0.15, 0.2) is 42.7 Å².